The Hall–Kier alpha value is -3.81. The van der Waals surface area contributed by atoms with Gasteiger partial charge in [0.2, 0.25) is 0 Å². The van der Waals surface area contributed by atoms with Gasteiger partial charge in [0.1, 0.15) is 22.8 Å². The molecule has 2 aromatic heterocycles. The number of rotatable bonds is 7. The highest BCUT2D eigenvalue weighted by atomic mass is 16.5. The predicted octanol–water partition coefficient (Wildman–Crippen LogP) is 2.93. The monoisotopic (exact) mass is 405 g/mol. The van der Waals surface area contributed by atoms with Crippen LogP contribution in [0.15, 0.2) is 60.1 Å². The van der Waals surface area contributed by atoms with E-state index in [-0.39, 0.29) is 0 Å². The molecule has 4 aromatic rings. The van der Waals surface area contributed by atoms with Gasteiger partial charge in [-0.25, -0.2) is 9.97 Å². The fraction of sp³-hybridized carbons (Fsp3) is 0.227. The van der Waals surface area contributed by atoms with Crippen molar-refractivity contribution < 1.29 is 14.2 Å². The molecule has 0 unspecified atom stereocenters. The largest absolute Gasteiger partial charge is 0.497 e. The van der Waals surface area contributed by atoms with Gasteiger partial charge in [-0.2, -0.15) is 0 Å². The fourth-order valence-corrected chi connectivity index (χ4v) is 3.22. The summed E-state index contributed by atoms with van der Waals surface area (Å²) in [5.41, 5.74) is 4.26. The molecule has 0 aliphatic heterocycles. The second-order valence-corrected chi connectivity index (χ2v) is 6.64. The number of H-pyrrole nitrogens is 1. The van der Waals surface area contributed by atoms with Crippen molar-refractivity contribution in [3.8, 4) is 17.2 Å². The third-order valence-corrected chi connectivity index (χ3v) is 4.84. The molecule has 0 aliphatic carbocycles. The number of nitrogens with zero attached hydrogens (tertiary/aromatic N) is 4. The molecular formula is C22H23N5O3. The summed E-state index contributed by atoms with van der Waals surface area (Å²) >= 11 is 0. The van der Waals surface area contributed by atoms with Crippen molar-refractivity contribution in [2.75, 3.05) is 21.3 Å². The van der Waals surface area contributed by atoms with Gasteiger partial charge >= 0.3 is 0 Å². The lowest BCUT2D eigenvalue weighted by atomic mass is 10.2. The summed E-state index contributed by atoms with van der Waals surface area (Å²) in [4.78, 5) is 16.8. The molecule has 0 saturated heterocycles. The number of fused-ring (bicyclic) bond motifs is 1. The number of imidazole rings is 1. The summed E-state index contributed by atoms with van der Waals surface area (Å²) in [5, 5.41) is 0. The van der Waals surface area contributed by atoms with Crippen LogP contribution in [0.2, 0.25) is 0 Å². The van der Waals surface area contributed by atoms with E-state index in [1.165, 1.54) is 0 Å². The van der Waals surface area contributed by atoms with Crippen molar-refractivity contribution in [1.82, 2.24) is 19.5 Å². The van der Waals surface area contributed by atoms with Gasteiger partial charge in [0.15, 0.2) is 11.1 Å². The van der Waals surface area contributed by atoms with Crippen LogP contribution in [-0.2, 0) is 13.1 Å². The van der Waals surface area contributed by atoms with Crippen LogP contribution in [0, 0.1) is 0 Å². The van der Waals surface area contributed by atoms with E-state index in [9.17, 15) is 0 Å². The zero-order valence-corrected chi connectivity index (χ0v) is 17.1. The van der Waals surface area contributed by atoms with Gasteiger partial charge in [0.25, 0.3) is 0 Å². The third kappa shape index (κ3) is 3.98. The number of ether oxygens (including phenoxy) is 3. The molecule has 2 aromatic carbocycles. The van der Waals surface area contributed by atoms with Crippen molar-refractivity contribution in [2.24, 2.45) is 4.99 Å². The van der Waals surface area contributed by atoms with E-state index < -0.39 is 0 Å². The molecule has 1 N–H and O–H groups in total. The van der Waals surface area contributed by atoms with Gasteiger partial charge in [-0.15, -0.1) is 0 Å². The Kier molecular flexibility index (Phi) is 5.65. The first-order chi connectivity index (χ1) is 14.7. The Morgan fingerprint density at radius 1 is 0.933 bits per heavy atom. The minimum absolute atomic E-state index is 0.427. The Morgan fingerprint density at radius 3 is 2.43 bits per heavy atom. The van der Waals surface area contributed by atoms with Crippen LogP contribution >= 0.6 is 0 Å². The number of aromatic nitrogens is 4. The Balaban J connectivity index is 1.63. The van der Waals surface area contributed by atoms with Gasteiger partial charge in [-0.1, -0.05) is 12.1 Å². The topological polar surface area (TPSA) is 86.5 Å². The Labute approximate surface area is 173 Å². The van der Waals surface area contributed by atoms with Gasteiger partial charge in [-0.05, 0) is 29.8 Å². The molecule has 30 heavy (non-hydrogen) atoms. The quantitative estimate of drug-likeness (QED) is 0.511. The number of nitrogens with one attached hydrogen (secondary N) is 1. The van der Waals surface area contributed by atoms with Crippen LogP contribution in [0.3, 0.4) is 0 Å². The van der Waals surface area contributed by atoms with Crippen molar-refractivity contribution in [1.29, 1.82) is 0 Å². The van der Waals surface area contributed by atoms with Crippen LogP contribution in [-0.4, -0.2) is 40.8 Å². The molecule has 2 heterocycles. The lowest BCUT2D eigenvalue weighted by molar-refractivity contribution is 0.391. The molecule has 4 rings (SSSR count). The molecule has 0 radical (unpaired) electrons. The Morgan fingerprint density at radius 2 is 1.70 bits per heavy atom. The smallest absolute Gasteiger partial charge is 0.177 e. The highest BCUT2D eigenvalue weighted by Crippen LogP contribution is 2.25. The molecule has 8 heteroatoms. The van der Waals surface area contributed by atoms with Crippen LogP contribution in [0.5, 0.6) is 17.2 Å². The zero-order chi connectivity index (χ0) is 20.9. The van der Waals surface area contributed by atoms with Crippen molar-refractivity contribution in [3.05, 3.63) is 71.7 Å². The summed E-state index contributed by atoms with van der Waals surface area (Å²) in [6.07, 6.45) is 3.42. The van der Waals surface area contributed by atoms with Crippen LogP contribution in [0.1, 0.15) is 11.1 Å². The number of hydrogen-bond donors (Lipinski definition) is 1. The fourth-order valence-electron chi connectivity index (χ4n) is 3.22. The number of aromatic amines is 1. The molecule has 0 amide bonds. The molecule has 154 valence electrons. The van der Waals surface area contributed by atoms with Crippen molar-refractivity contribution in [3.63, 3.8) is 0 Å². The van der Waals surface area contributed by atoms with E-state index in [4.69, 9.17) is 14.2 Å². The summed E-state index contributed by atoms with van der Waals surface area (Å²) in [6.45, 7) is 1.07. The van der Waals surface area contributed by atoms with Gasteiger partial charge in [0.05, 0.1) is 47.1 Å². The maximum absolute atomic E-state index is 5.46. The predicted molar refractivity (Wildman–Crippen MR) is 113 cm³/mol. The minimum Gasteiger partial charge on any atom is -0.497 e. The lowest BCUT2D eigenvalue weighted by Crippen LogP contribution is -2.15. The number of benzene rings is 2. The molecule has 8 nitrogen and oxygen atoms in total. The standard InChI is InChI=1S/C22H23N5O3/c1-28-17-7-4-15(5-8-17)12-27-14-26-21(20-22(27)25-13-24-20)23-11-16-6-9-18(29-2)10-19(16)30-3/h4-10,13-14H,11-12H2,1-3H3,(H,24,25). The molecule has 0 bridgehead atoms. The minimum atomic E-state index is 0.427. The SMILES string of the molecule is COc1ccc(Cn2cnc(=NCc3ccc(OC)cc3OC)c3[nH]cnc32)cc1. The summed E-state index contributed by atoms with van der Waals surface area (Å²) in [5.74, 6) is 2.29. The van der Waals surface area contributed by atoms with Gasteiger partial charge in [-0.3, -0.25) is 4.99 Å². The molecular weight excluding hydrogens is 382 g/mol. The first-order valence-electron chi connectivity index (χ1n) is 9.44. The third-order valence-electron chi connectivity index (χ3n) is 4.84. The maximum Gasteiger partial charge on any atom is 0.177 e. The molecule has 0 saturated carbocycles. The molecule has 0 fully saturated rings. The highest BCUT2D eigenvalue weighted by molar-refractivity contribution is 5.68. The maximum atomic E-state index is 5.46. The van der Waals surface area contributed by atoms with Gasteiger partial charge in [0, 0.05) is 11.6 Å². The van der Waals surface area contributed by atoms with Gasteiger partial charge < -0.3 is 23.8 Å². The van der Waals surface area contributed by atoms with Crippen LogP contribution in [0.25, 0.3) is 11.2 Å². The van der Waals surface area contributed by atoms with Crippen LogP contribution in [0.4, 0.5) is 0 Å². The average Bonchev–Trinajstić information content (AvgIpc) is 3.29. The second-order valence-electron chi connectivity index (χ2n) is 6.64. The molecule has 0 atom stereocenters. The summed E-state index contributed by atoms with van der Waals surface area (Å²) < 4.78 is 17.9. The van der Waals surface area contributed by atoms with E-state index in [1.807, 2.05) is 47.0 Å². The van der Waals surface area contributed by atoms with Crippen molar-refractivity contribution >= 4 is 11.2 Å². The lowest BCUT2D eigenvalue weighted by Gasteiger charge is -2.09. The summed E-state index contributed by atoms with van der Waals surface area (Å²) in [6, 6.07) is 13.6. The van der Waals surface area contributed by atoms with E-state index in [0.29, 0.717) is 18.6 Å². The van der Waals surface area contributed by atoms with E-state index in [0.717, 1.165) is 39.5 Å². The number of methoxy groups -OCH3 is 3. The average molecular weight is 405 g/mol. The molecule has 0 aliphatic rings. The van der Waals surface area contributed by atoms with Crippen LogP contribution < -0.4 is 19.7 Å². The first kappa shape index (κ1) is 19.5. The van der Waals surface area contributed by atoms with Crippen molar-refractivity contribution in [2.45, 2.75) is 13.1 Å². The second kappa shape index (κ2) is 8.69. The van der Waals surface area contributed by atoms with E-state index >= 15 is 0 Å². The highest BCUT2D eigenvalue weighted by Gasteiger charge is 2.08. The Bertz CT molecular complexity index is 1210. The summed E-state index contributed by atoms with van der Waals surface area (Å²) in [7, 11) is 4.92. The first-order valence-corrected chi connectivity index (χ1v) is 9.44. The number of hydrogen-bond acceptors (Lipinski definition) is 6. The molecule has 0 spiro atoms. The zero-order valence-electron chi connectivity index (χ0n) is 17.1. The van der Waals surface area contributed by atoms with E-state index in [1.54, 1.807) is 34.0 Å². The normalized spacial score (nSPS) is 11.6. The van der Waals surface area contributed by atoms with E-state index in [2.05, 4.69) is 19.9 Å².